The fourth-order valence-electron chi connectivity index (χ4n) is 4.22. The summed E-state index contributed by atoms with van der Waals surface area (Å²) in [5.41, 5.74) is 1.18. The van der Waals surface area contributed by atoms with E-state index in [-0.39, 0.29) is 11.8 Å². The van der Waals surface area contributed by atoms with Crippen molar-refractivity contribution in [2.24, 2.45) is 0 Å². The zero-order chi connectivity index (χ0) is 17.2. The summed E-state index contributed by atoms with van der Waals surface area (Å²) in [6, 6.07) is 14.7. The van der Waals surface area contributed by atoms with Crippen molar-refractivity contribution in [2.45, 2.75) is 31.3 Å². The third kappa shape index (κ3) is 3.55. The van der Waals surface area contributed by atoms with Crippen LogP contribution >= 0.6 is 0 Å². The Bertz CT molecular complexity index is 754. The topological polar surface area (TPSA) is 43.8 Å². The molecule has 132 valence electrons. The van der Waals surface area contributed by atoms with Crippen molar-refractivity contribution in [2.75, 3.05) is 32.7 Å². The first-order valence-corrected chi connectivity index (χ1v) is 9.37. The molecule has 0 spiro atoms. The molecule has 25 heavy (non-hydrogen) atoms. The Morgan fingerprint density at radius 3 is 2.56 bits per heavy atom. The molecule has 0 bridgehead atoms. The van der Waals surface area contributed by atoms with Crippen LogP contribution in [0.1, 0.15) is 30.7 Å². The summed E-state index contributed by atoms with van der Waals surface area (Å²) in [6.07, 6.45) is 2.72. The number of rotatable bonds is 3. The second-order valence-corrected chi connectivity index (χ2v) is 7.39. The van der Waals surface area contributed by atoms with Gasteiger partial charge >= 0.3 is 0 Å². The molecule has 2 saturated heterocycles. The van der Waals surface area contributed by atoms with Gasteiger partial charge in [0, 0.05) is 19.0 Å². The lowest BCUT2D eigenvalue weighted by Crippen LogP contribution is -2.48. The van der Waals surface area contributed by atoms with E-state index >= 15 is 0 Å². The number of hydrogen-bond donors (Lipinski definition) is 1. The lowest BCUT2D eigenvalue weighted by atomic mass is 9.86. The van der Waals surface area contributed by atoms with Crippen molar-refractivity contribution in [1.29, 1.82) is 0 Å². The predicted octanol–water partition coefficient (Wildman–Crippen LogP) is 2.61. The number of hydrogen-bond acceptors (Lipinski definition) is 3. The van der Waals surface area contributed by atoms with E-state index in [4.69, 9.17) is 0 Å². The number of piperidine rings is 1. The molecule has 2 aliphatic heterocycles. The van der Waals surface area contributed by atoms with Gasteiger partial charge in [-0.15, -0.1) is 0 Å². The van der Waals surface area contributed by atoms with Crippen LogP contribution in [-0.4, -0.2) is 59.6 Å². The van der Waals surface area contributed by atoms with Crippen molar-refractivity contribution >= 4 is 16.7 Å². The van der Waals surface area contributed by atoms with Crippen molar-refractivity contribution in [3.63, 3.8) is 0 Å². The van der Waals surface area contributed by atoms with Crippen LogP contribution in [0, 0.1) is 0 Å². The van der Waals surface area contributed by atoms with Gasteiger partial charge in [0.2, 0.25) is 5.91 Å². The van der Waals surface area contributed by atoms with Crippen LogP contribution in [0.2, 0.25) is 0 Å². The molecule has 2 aromatic carbocycles. The SMILES string of the molecule is O=C(CN1CCCC1)N1CC[C@@H](c2ccc3ccccc3c2)[C@H](O)C1. The van der Waals surface area contributed by atoms with E-state index in [0.29, 0.717) is 13.1 Å². The normalized spacial score (nSPS) is 24.8. The maximum Gasteiger partial charge on any atom is 0.236 e. The quantitative estimate of drug-likeness (QED) is 0.936. The summed E-state index contributed by atoms with van der Waals surface area (Å²) >= 11 is 0. The number of β-amino-alcohol motifs (C(OH)–C–C–N with tert-alkyl or cyclic N) is 1. The minimum absolute atomic E-state index is 0.112. The molecule has 1 N–H and O–H groups in total. The van der Waals surface area contributed by atoms with Crippen molar-refractivity contribution in [3.8, 4) is 0 Å². The molecule has 0 radical (unpaired) electrons. The smallest absolute Gasteiger partial charge is 0.236 e. The molecule has 4 rings (SSSR count). The number of aliphatic hydroxyl groups is 1. The van der Waals surface area contributed by atoms with Crippen LogP contribution in [0.4, 0.5) is 0 Å². The molecule has 1 amide bonds. The van der Waals surface area contributed by atoms with E-state index in [0.717, 1.165) is 26.1 Å². The summed E-state index contributed by atoms with van der Waals surface area (Å²) in [6.45, 7) is 3.75. The van der Waals surface area contributed by atoms with Crippen LogP contribution in [0.15, 0.2) is 42.5 Å². The van der Waals surface area contributed by atoms with Gasteiger partial charge in [0.15, 0.2) is 0 Å². The molecule has 2 fully saturated rings. The van der Waals surface area contributed by atoms with E-state index in [2.05, 4.69) is 35.2 Å². The second-order valence-electron chi connectivity index (χ2n) is 7.39. The predicted molar refractivity (Wildman–Crippen MR) is 99.6 cm³/mol. The largest absolute Gasteiger partial charge is 0.391 e. The van der Waals surface area contributed by atoms with Gasteiger partial charge in [0.05, 0.1) is 12.6 Å². The number of nitrogens with zero attached hydrogens (tertiary/aromatic N) is 2. The Balaban J connectivity index is 1.42. The van der Waals surface area contributed by atoms with Crippen LogP contribution in [-0.2, 0) is 4.79 Å². The summed E-state index contributed by atoms with van der Waals surface area (Å²) < 4.78 is 0. The lowest BCUT2D eigenvalue weighted by molar-refractivity contribution is -0.135. The first-order chi connectivity index (χ1) is 12.2. The summed E-state index contributed by atoms with van der Waals surface area (Å²) in [5, 5.41) is 13.1. The lowest BCUT2D eigenvalue weighted by Gasteiger charge is -2.37. The van der Waals surface area contributed by atoms with Crippen molar-refractivity contribution in [1.82, 2.24) is 9.80 Å². The fourth-order valence-corrected chi connectivity index (χ4v) is 4.22. The molecule has 0 unspecified atom stereocenters. The van der Waals surface area contributed by atoms with E-state index in [1.165, 1.54) is 29.2 Å². The minimum atomic E-state index is -0.488. The van der Waals surface area contributed by atoms with Crippen LogP contribution in [0.3, 0.4) is 0 Å². The zero-order valence-electron chi connectivity index (χ0n) is 14.6. The van der Waals surface area contributed by atoms with E-state index in [1.54, 1.807) is 0 Å². The third-order valence-electron chi connectivity index (χ3n) is 5.69. The first kappa shape index (κ1) is 16.6. The maximum absolute atomic E-state index is 12.5. The summed E-state index contributed by atoms with van der Waals surface area (Å²) in [4.78, 5) is 16.6. The highest BCUT2D eigenvalue weighted by molar-refractivity contribution is 5.83. The van der Waals surface area contributed by atoms with Crippen molar-refractivity contribution in [3.05, 3.63) is 48.0 Å². The van der Waals surface area contributed by atoms with Crippen LogP contribution in [0.25, 0.3) is 10.8 Å². The summed E-state index contributed by atoms with van der Waals surface area (Å²) in [7, 11) is 0. The standard InChI is InChI=1S/C21H26N2O2/c24-20-14-23(21(25)15-22-10-3-4-11-22)12-9-19(20)18-8-7-16-5-1-2-6-17(16)13-18/h1-2,5-8,13,19-20,24H,3-4,9-12,14-15H2/t19-,20+/m0/s1. The van der Waals surface area contributed by atoms with Crippen molar-refractivity contribution < 1.29 is 9.90 Å². The molecule has 2 atom stereocenters. The minimum Gasteiger partial charge on any atom is -0.391 e. The molecule has 4 heteroatoms. The number of aliphatic hydroxyl groups excluding tert-OH is 1. The number of benzene rings is 2. The maximum atomic E-state index is 12.5. The Hall–Kier alpha value is -1.91. The Kier molecular flexibility index (Phi) is 4.73. The molecule has 4 nitrogen and oxygen atoms in total. The molecule has 0 aliphatic carbocycles. The molecule has 2 aliphatic rings. The van der Waals surface area contributed by atoms with Gasteiger partial charge in [-0.3, -0.25) is 9.69 Å². The number of fused-ring (bicyclic) bond motifs is 1. The monoisotopic (exact) mass is 338 g/mol. The number of likely N-dealkylation sites (tertiary alicyclic amines) is 2. The highest BCUT2D eigenvalue weighted by Crippen LogP contribution is 2.30. The van der Waals surface area contributed by atoms with Gasteiger partial charge < -0.3 is 10.0 Å². The highest BCUT2D eigenvalue weighted by Gasteiger charge is 2.31. The Morgan fingerprint density at radius 1 is 1.04 bits per heavy atom. The number of carbonyl (C=O) groups excluding carboxylic acids is 1. The molecular weight excluding hydrogens is 312 g/mol. The summed E-state index contributed by atoms with van der Waals surface area (Å²) in [5.74, 6) is 0.276. The highest BCUT2D eigenvalue weighted by atomic mass is 16.3. The van der Waals surface area contributed by atoms with Crippen LogP contribution < -0.4 is 0 Å². The van der Waals surface area contributed by atoms with Gasteiger partial charge in [-0.25, -0.2) is 0 Å². The van der Waals surface area contributed by atoms with Gasteiger partial charge in [-0.1, -0.05) is 42.5 Å². The zero-order valence-corrected chi connectivity index (χ0v) is 14.6. The van der Waals surface area contributed by atoms with Crippen LogP contribution in [0.5, 0.6) is 0 Å². The number of amides is 1. The van der Waals surface area contributed by atoms with E-state index in [1.807, 2.05) is 17.0 Å². The average Bonchev–Trinajstić information content (AvgIpc) is 3.14. The fraction of sp³-hybridized carbons (Fsp3) is 0.476. The molecule has 0 aromatic heterocycles. The number of carbonyl (C=O) groups is 1. The van der Waals surface area contributed by atoms with Gasteiger partial charge in [-0.2, -0.15) is 0 Å². The Morgan fingerprint density at radius 2 is 1.80 bits per heavy atom. The molecule has 0 saturated carbocycles. The van der Waals surface area contributed by atoms with E-state index < -0.39 is 6.10 Å². The van der Waals surface area contributed by atoms with Gasteiger partial charge in [0.25, 0.3) is 0 Å². The van der Waals surface area contributed by atoms with Gasteiger partial charge in [0.1, 0.15) is 0 Å². The van der Waals surface area contributed by atoms with E-state index in [9.17, 15) is 9.90 Å². The molecular formula is C21H26N2O2. The molecule has 2 heterocycles. The molecule has 2 aromatic rings. The second kappa shape index (κ2) is 7.14. The average molecular weight is 338 g/mol. The Labute approximate surface area is 149 Å². The first-order valence-electron chi connectivity index (χ1n) is 9.37. The third-order valence-corrected chi connectivity index (χ3v) is 5.69. The van der Waals surface area contributed by atoms with Gasteiger partial charge in [-0.05, 0) is 48.7 Å².